The highest BCUT2D eigenvalue weighted by Gasteiger charge is 2.49. The van der Waals surface area contributed by atoms with Crippen molar-refractivity contribution in [2.75, 3.05) is 5.32 Å². The number of hydrogen-bond donors (Lipinski definition) is 1. The molecule has 3 rings (SSSR count). The lowest BCUT2D eigenvalue weighted by atomic mass is 10.1. The van der Waals surface area contributed by atoms with Crippen LogP contribution in [0.2, 0.25) is 0 Å². The molecule has 0 saturated heterocycles. The Morgan fingerprint density at radius 3 is 2.58 bits per heavy atom. The van der Waals surface area contributed by atoms with Crippen LogP contribution in [0.25, 0.3) is 5.69 Å². The lowest BCUT2D eigenvalue weighted by molar-refractivity contribution is -0.0500. The number of nitrogens with one attached hydrogen (secondary N) is 1. The van der Waals surface area contributed by atoms with E-state index < -0.39 is 33.2 Å². The molecule has 1 atom stereocenters. The number of nitrogens with zero attached hydrogens (tertiary/aromatic N) is 3. The molecule has 24 heavy (non-hydrogen) atoms. The number of fused-ring (bicyclic) bond motifs is 3. The number of alkyl halides is 3. The molecule has 1 aliphatic heterocycles. The Balaban J connectivity index is 2.24. The number of aromatic nitrogens is 3. The van der Waals surface area contributed by atoms with Crippen LogP contribution < -0.4 is 9.50 Å². The summed E-state index contributed by atoms with van der Waals surface area (Å²) in [5.74, 6) is -0.959. The second-order valence-corrected chi connectivity index (χ2v) is 6.60. The average Bonchev–Trinajstić information content (AvgIpc) is 2.84. The third kappa shape index (κ3) is 2.37. The zero-order chi connectivity index (χ0) is 17.9. The number of halogens is 4. The van der Waals surface area contributed by atoms with Gasteiger partial charge in [-0.2, -0.15) is 21.6 Å². The second-order valence-electron chi connectivity index (χ2n) is 5.06. The van der Waals surface area contributed by atoms with Gasteiger partial charge in [-0.3, -0.25) is 4.57 Å². The zero-order valence-electron chi connectivity index (χ0n) is 12.2. The van der Waals surface area contributed by atoms with E-state index >= 15 is 0 Å². The number of benzene rings is 1. The fourth-order valence-corrected chi connectivity index (χ4v) is 2.82. The van der Waals surface area contributed by atoms with Crippen LogP contribution in [0.5, 0.6) is 5.75 Å². The normalized spacial score (nSPS) is 17.0. The van der Waals surface area contributed by atoms with Gasteiger partial charge >= 0.3 is 15.6 Å². The summed E-state index contributed by atoms with van der Waals surface area (Å²) in [7, 11) is -5.91. The predicted molar refractivity (Wildman–Crippen MR) is 73.7 cm³/mol. The van der Waals surface area contributed by atoms with Crippen molar-refractivity contribution in [3.8, 4) is 11.4 Å². The van der Waals surface area contributed by atoms with Crippen LogP contribution in [-0.4, -0.2) is 28.7 Å². The van der Waals surface area contributed by atoms with Crippen LogP contribution >= 0.6 is 0 Å². The summed E-state index contributed by atoms with van der Waals surface area (Å²) in [4.78, 5) is 0. The maximum atomic E-state index is 14.1. The molecule has 1 aliphatic rings. The summed E-state index contributed by atoms with van der Waals surface area (Å²) in [6, 6.07) is 1.12. The van der Waals surface area contributed by atoms with E-state index in [-0.39, 0.29) is 23.0 Å². The van der Waals surface area contributed by atoms with E-state index in [0.29, 0.717) is 0 Å². The van der Waals surface area contributed by atoms with Gasteiger partial charge in [0.25, 0.3) is 0 Å². The quantitative estimate of drug-likeness (QED) is 0.499. The van der Waals surface area contributed by atoms with Crippen LogP contribution in [0.4, 0.5) is 23.2 Å². The van der Waals surface area contributed by atoms with Crippen molar-refractivity contribution < 1.29 is 30.2 Å². The van der Waals surface area contributed by atoms with Gasteiger partial charge in [-0.25, -0.2) is 4.39 Å². The largest absolute Gasteiger partial charge is 0.534 e. The minimum atomic E-state index is -5.91. The van der Waals surface area contributed by atoms with Crippen molar-refractivity contribution >= 4 is 15.8 Å². The van der Waals surface area contributed by atoms with Gasteiger partial charge in [0.2, 0.25) is 0 Å². The standard InChI is InChI=1S/C12H10F4N4O3S/c1-5-11-19-18-6(2)20(11)10-8(4-3-7(13)9(10)17-5)23-24(21,22)12(14,15)16/h3-5,17H,1-2H3. The van der Waals surface area contributed by atoms with Crippen LogP contribution in [0.3, 0.4) is 0 Å². The summed E-state index contributed by atoms with van der Waals surface area (Å²) in [5, 5.41) is 10.3. The molecule has 2 heterocycles. The van der Waals surface area contributed by atoms with E-state index in [1.165, 1.54) is 11.5 Å². The molecule has 0 radical (unpaired) electrons. The van der Waals surface area contributed by atoms with E-state index in [4.69, 9.17) is 0 Å². The summed E-state index contributed by atoms with van der Waals surface area (Å²) in [6.07, 6.45) is 0. The van der Waals surface area contributed by atoms with Crippen molar-refractivity contribution in [2.45, 2.75) is 25.4 Å². The molecule has 1 N–H and O–H groups in total. The zero-order valence-corrected chi connectivity index (χ0v) is 13.0. The summed E-state index contributed by atoms with van der Waals surface area (Å²) in [5.41, 5.74) is -6.06. The fraction of sp³-hybridized carbons (Fsp3) is 0.333. The van der Waals surface area contributed by atoms with Gasteiger partial charge in [0.1, 0.15) is 17.3 Å². The first kappa shape index (κ1) is 16.5. The molecule has 1 aromatic carbocycles. The number of aryl methyl sites for hydroxylation is 1. The second kappa shape index (κ2) is 5.06. The van der Waals surface area contributed by atoms with E-state index in [2.05, 4.69) is 19.7 Å². The first-order valence-corrected chi connectivity index (χ1v) is 7.96. The molecule has 0 fully saturated rings. The highest BCUT2D eigenvalue weighted by Crippen LogP contribution is 2.42. The predicted octanol–water partition coefficient (Wildman–Crippen LogP) is 2.43. The van der Waals surface area contributed by atoms with Crippen LogP contribution in [-0.2, 0) is 10.1 Å². The van der Waals surface area contributed by atoms with Crippen LogP contribution in [0.1, 0.15) is 24.6 Å². The van der Waals surface area contributed by atoms with Gasteiger partial charge in [0.05, 0.1) is 11.7 Å². The SMILES string of the molecule is Cc1nnc2n1-c1c(OS(=O)(=O)C(F)(F)F)ccc(F)c1NC2C. The van der Waals surface area contributed by atoms with Gasteiger partial charge in [-0.05, 0) is 26.0 Å². The number of hydrogen-bond acceptors (Lipinski definition) is 6. The van der Waals surface area contributed by atoms with E-state index in [1.54, 1.807) is 6.92 Å². The molecule has 0 aliphatic carbocycles. The van der Waals surface area contributed by atoms with E-state index in [9.17, 15) is 26.0 Å². The van der Waals surface area contributed by atoms with Gasteiger partial charge in [-0.15, -0.1) is 10.2 Å². The Bertz CT molecular complexity index is 923. The molecule has 0 spiro atoms. The van der Waals surface area contributed by atoms with Crippen molar-refractivity contribution in [1.82, 2.24) is 14.8 Å². The molecular formula is C12H10F4N4O3S. The minimum absolute atomic E-state index is 0.201. The van der Waals surface area contributed by atoms with E-state index in [1.807, 2.05) is 0 Å². The maximum Gasteiger partial charge on any atom is 0.534 e. The molecule has 12 heteroatoms. The molecule has 0 bridgehead atoms. The first-order chi connectivity index (χ1) is 11.0. The summed E-state index contributed by atoms with van der Waals surface area (Å²) >= 11 is 0. The van der Waals surface area contributed by atoms with Crippen molar-refractivity contribution in [3.63, 3.8) is 0 Å². The molecule has 7 nitrogen and oxygen atoms in total. The monoisotopic (exact) mass is 366 g/mol. The van der Waals surface area contributed by atoms with Crippen LogP contribution in [0, 0.1) is 12.7 Å². The fourth-order valence-electron chi connectivity index (χ4n) is 2.36. The highest BCUT2D eigenvalue weighted by molar-refractivity contribution is 7.88. The van der Waals surface area contributed by atoms with Gasteiger partial charge < -0.3 is 9.50 Å². The molecule has 1 unspecified atom stereocenters. The van der Waals surface area contributed by atoms with Gasteiger partial charge in [-0.1, -0.05) is 0 Å². The average molecular weight is 366 g/mol. The topological polar surface area (TPSA) is 86.1 Å². The van der Waals surface area contributed by atoms with Crippen molar-refractivity contribution in [3.05, 3.63) is 29.6 Å². The summed E-state index contributed by atoms with van der Waals surface area (Å²) in [6.45, 7) is 3.13. The van der Waals surface area contributed by atoms with E-state index in [0.717, 1.165) is 12.1 Å². The van der Waals surface area contributed by atoms with Crippen LogP contribution in [0.15, 0.2) is 12.1 Å². The lowest BCUT2D eigenvalue weighted by Gasteiger charge is -2.27. The number of anilines is 1. The van der Waals surface area contributed by atoms with Crippen molar-refractivity contribution in [1.29, 1.82) is 0 Å². The Labute approximate surface area is 133 Å². The minimum Gasteiger partial charge on any atom is -0.374 e. The van der Waals surface area contributed by atoms with Crippen molar-refractivity contribution in [2.24, 2.45) is 0 Å². The smallest absolute Gasteiger partial charge is 0.374 e. The number of rotatable bonds is 2. The molecule has 130 valence electrons. The molecule has 0 saturated carbocycles. The Morgan fingerprint density at radius 1 is 1.29 bits per heavy atom. The first-order valence-electron chi connectivity index (χ1n) is 6.55. The van der Waals surface area contributed by atoms with Gasteiger partial charge in [0.15, 0.2) is 11.6 Å². The molecule has 2 aromatic rings. The Kier molecular flexibility index (Phi) is 3.48. The molecule has 1 aromatic heterocycles. The summed E-state index contributed by atoms with van der Waals surface area (Å²) < 4.78 is 79.8. The maximum absolute atomic E-state index is 14.1. The lowest BCUT2D eigenvalue weighted by Crippen LogP contribution is -2.29. The molecule has 0 amide bonds. The molecular weight excluding hydrogens is 356 g/mol. The third-order valence-corrected chi connectivity index (χ3v) is 4.36. The highest BCUT2D eigenvalue weighted by atomic mass is 32.2. The Hall–Kier alpha value is -2.37. The Morgan fingerprint density at radius 2 is 1.96 bits per heavy atom. The van der Waals surface area contributed by atoms with Gasteiger partial charge in [0, 0.05) is 0 Å². The third-order valence-electron chi connectivity index (χ3n) is 3.39.